The fraction of sp³-hybridized carbons (Fsp3) is 0.103. The van der Waals surface area contributed by atoms with Crippen molar-refractivity contribution >= 4 is 51.4 Å². The van der Waals surface area contributed by atoms with Crippen molar-refractivity contribution in [2.75, 3.05) is 10.2 Å². The van der Waals surface area contributed by atoms with Gasteiger partial charge in [-0.15, -0.1) is 0 Å². The number of imidazole rings is 2. The minimum atomic E-state index is -1.16. The number of rotatable bonds is 6. The van der Waals surface area contributed by atoms with Crippen molar-refractivity contribution in [2.24, 2.45) is 19.8 Å². The van der Waals surface area contributed by atoms with Gasteiger partial charge in [0.25, 0.3) is 0 Å². The molecular weight excluding hydrogens is 752 g/mol. The van der Waals surface area contributed by atoms with Gasteiger partial charge < -0.3 is 20.2 Å². The molecule has 4 aromatic heterocycles. The van der Waals surface area contributed by atoms with Crippen LogP contribution in [-0.4, -0.2) is 45.1 Å². The topological polar surface area (TPSA) is 146 Å². The third kappa shape index (κ3) is 7.27. The molecule has 0 saturated carbocycles. The number of aromatic nitrogens is 8. The van der Waals surface area contributed by atoms with Crippen LogP contribution < -0.4 is 16.0 Å². The Bertz CT molecular complexity index is 2820. The van der Waals surface area contributed by atoms with Gasteiger partial charge in [-0.05, 0) is 85.6 Å². The van der Waals surface area contributed by atoms with E-state index in [0.29, 0.717) is 49.8 Å². The summed E-state index contributed by atoms with van der Waals surface area (Å²) in [6.45, 7) is 3.40. The zero-order valence-electron chi connectivity index (χ0n) is 30.4. The van der Waals surface area contributed by atoms with E-state index in [1.54, 1.807) is 43.1 Å². The summed E-state index contributed by atoms with van der Waals surface area (Å²) < 4.78 is 87.3. The van der Waals surface area contributed by atoms with Gasteiger partial charge in [0.15, 0.2) is 45.6 Å². The van der Waals surface area contributed by atoms with Crippen molar-refractivity contribution in [2.45, 2.75) is 13.8 Å². The first-order chi connectivity index (χ1) is 27.2. The summed E-state index contributed by atoms with van der Waals surface area (Å²) in [7, 11) is 3.41. The summed E-state index contributed by atoms with van der Waals surface area (Å²) in [4.78, 5) is 38.9. The lowest BCUT2D eigenvalue weighted by atomic mass is 10.1. The molecule has 0 fully saturated rings. The summed E-state index contributed by atoms with van der Waals surface area (Å²) in [5.74, 6) is -3.96. The van der Waals surface area contributed by atoms with Gasteiger partial charge in [-0.3, -0.25) is 0 Å². The van der Waals surface area contributed by atoms with E-state index in [4.69, 9.17) is 5.73 Å². The van der Waals surface area contributed by atoms with Crippen LogP contribution in [0.15, 0.2) is 85.5 Å². The standard InChI is InChI=1S/C20H15F3N6O.C19H14F3N5/c1-10-8-11(21)6-7-12(10)17-26-18-15(25-9-28(18)2)19(27-17)29(20(24)30)16-13(22)4-3-5-14(16)23;1-10-8-11(20)6-7-12(10)17-25-18(16-19(26-17)27(2)9-23-16)24-15-13(21)4-3-5-14(15)22/h3-9H,1-2H3,(H2,24,30);3-9H,1-2H3,(H,24,25,26). The number of amides is 2. The number of halogens is 6. The van der Waals surface area contributed by atoms with Crippen LogP contribution in [0.2, 0.25) is 0 Å². The highest BCUT2D eigenvalue weighted by atomic mass is 19.2. The third-order valence-electron chi connectivity index (χ3n) is 8.76. The van der Waals surface area contributed by atoms with Crippen LogP contribution in [-0.2, 0) is 14.1 Å². The number of nitrogens with zero attached hydrogens (tertiary/aromatic N) is 9. The molecule has 288 valence electrons. The zero-order chi connectivity index (χ0) is 40.7. The molecule has 0 aliphatic carbocycles. The Labute approximate surface area is 319 Å². The first-order valence-electron chi connectivity index (χ1n) is 16.9. The Kier molecular flexibility index (Phi) is 10.0. The van der Waals surface area contributed by atoms with E-state index in [-0.39, 0.29) is 34.5 Å². The molecule has 0 bridgehead atoms. The number of fused-ring (bicyclic) bond motifs is 2. The first kappa shape index (κ1) is 37.9. The molecular formula is C39H29F6N11O. The number of hydrogen-bond donors (Lipinski definition) is 2. The van der Waals surface area contributed by atoms with Crippen molar-refractivity contribution in [3.8, 4) is 22.8 Å². The molecule has 4 aromatic carbocycles. The summed E-state index contributed by atoms with van der Waals surface area (Å²) in [6.07, 6.45) is 2.95. The quantitative estimate of drug-likeness (QED) is 0.160. The molecule has 0 atom stereocenters. The molecule has 18 heteroatoms. The number of benzene rings is 4. The number of urea groups is 1. The number of aryl methyl sites for hydroxylation is 4. The molecule has 2 amide bonds. The van der Waals surface area contributed by atoms with Crippen molar-refractivity contribution in [3.05, 3.63) is 131 Å². The van der Waals surface area contributed by atoms with E-state index in [0.717, 1.165) is 30.3 Å². The summed E-state index contributed by atoms with van der Waals surface area (Å²) in [6, 6.07) is 13.8. The zero-order valence-corrected chi connectivity index (χ0v) is 30.4. The van der Waals surface area contributed by atoms with Gasteiger partial charge in [-0.1, -0.05) is 12.1 Å². The molecule has 0 unspecified atom stereocenters. The van der Waals surface area contributed by atoms with Crippen LogP contribution in [0.1, 0.15) is 11.1 Å². The highest BCUT2D eigenvalue weighted by Gasteiger charge is 2.29. The lowest BCUT2D eigenvalue weighted by Gasteiger charge is -2.21. The van der Waals surface area contributed by atoms with Gasteiger partial charge in [-0.25, -0.2) is 65.9 Å². The molecule has 57 heavy (non-hydrogen) atoms. The van der Waals surface area contributed by atoms with E-state index in [9.17, 15) is 31.1 Å². The van der Waals surface area contributed by atoms with Gasteiger partial charge in [-0.2, -0.15) is 0 Å². The molecule has 12 nitrogen and oxygen atoms in total. The third-order valence-corrected chi connectivity index (χ3v) is 8.76. The van der Waals surface area contributed by atoms with Crippen LogP contribution in [0.4, 0.5) is 54.1 Å². The molecule has 0 aliphatic rings. The van der Waals surface area contributed by atoms with Crippen molar-refractivity contribution in [1.82, 2.24) is 39.0 Å². The molecule has 3 N–H and O–H groups in total. The number of anilines is 4. The molecule has 0 saturated heterocycles. The average molecular weight is 782 g/mol. The van der Waals surface area contributed by atoms with Crippen molar-refractivity contribution < 1.29 is 31.1 Å². The minimum absolute atomic E-state index is 0.113. The van der Waals surface area contributed by atoms with Gasteiger partial charge in [0, 0.05) is 25.2 Å². The maximum atomic E-state index is 14.5. The SMILES string of the molecule is Cc1cc(F)ccc1-c1nc(N(C(N)=O)c2c(F)cccc2F)c2ncn(C)c2n1.Cc1cc(F)ccc1-c1nc(Nc2c(F)cccc2F)c2ncn(C)c2n1. The highest BCUT2D eigenvalue weighted by Crippen LogP contribution is 2.35. The van der Waals surface area contributed by atoms with Crippen LogP contribution in [0, 0.1) is 48.8 Å². The molecule has 8 rings (SSSR count). The van der Waals surface area contributed by atoms with E-state index >= 15 is 0 Å². The summed E-state index contributed by atoms with van der Waals surface area (Å²) in [5, 5.41) is 2.69. The number of nitrogens with one attached hydrogen (secondary N) is 1. The van der Waals surface area contributed by atoms with Crippen LogP contribution >= 0.6 is 0 Å². The fourth-order valence-corrected chi connectivity index (χ4v) is 6.00. The number of para-hydroxylation sites is 2. The van der Waals surface area contributed by atoms with Crippen LogP contribution in [0.5, 0.6) is 0 Å². The van der Waals surface area contributed by atoms with Crippen LogP contribution in [0.3, 0.4) is 0 Å². The monoisotopic (exact) mass is 781 g/mol. The Morgan fingerprint density at radius 1 is 0.649 bits per heavy atom. The highest BCUT2D eigenvalue weighted by molar-refractivity contribution is 6.04. The number of carbonyl (C=O) groups excluding carboxylic acids is 1. The number of hydrogen-bond acceptors (Lipinski definition) is 8. The van der Waals surface area contributed by atoms with Gasteiger partial charge >= 0.3 is 6.03 Å². The van der Waals surface area contributed by atoms with Gasteiger partial charge in [0.05, 0.1) is 12.7 Å². The largest absolute Gasteiger partial charge is 0.351 e. The average Bonchev–Trinajstić information content (AvgIpc) is 3.73. The van der Waals surface area contributed by atoms with Gasteiger partial charge in [0.2, 0.25) is 0 Å². The first-order valence-corrected chi connectivity index (χ1v) is 16.9. The van der Waals surface area contributed by atoms with E-state index < -0.39 is 40.8 Å². The number of nitrogens with two attached hydrogens (primary N) is 1. The summed E-state index contributed by atoms with van der Waals surface area (Å²) in [5.41, 5.74) is 7.97. The fourth-order valence-electron chi connectivity index (χ4n) is 6.00. The Hall–Kier alpha value is -7.37. The van der Waals surface area contributed by atoms with Crippen molar-refractivity contribution in [3.63, 3.8) is 0 Å². The Morgan fingerprint density at radius 2 is 1.12 bits per heavy atom. The smallest absolute Gasteiger partial charge is 0.325 e. The number of primary amides is 1. The van der Waals surface area contributed by atoms with Crippen LogP contribution in [0.25, 0.3) is 45.1 Å². The Morgan fingerprint density at radius 3 is 1.63 bits per heavy atom. The van der Waals surface area contributed by atoms with E-state index in [2.05, 4.69) is 35.2 Å². The van der Waals surface area contributed by atoms with Gasteiger partial charge in [0.1, 0.15) is 46.3 Å². The number of carbonyl (C=O) groups is 1. The van der Waals surface area contributed by atoms with Crippen molar-refractivity contribution in [1.29, 1.82) is 0 Å². The molecule has 8 aromatic rings. The van der Waals surface area contributed by atoms with E-state index in [1.165, 1.54) is 49.1 Å². The maximum absolute atomic E-state index is 14.5. The lowest BCUT2D eigenvalue weighted by molar-refractivity contribution is 0.255. The second kappa shape index (κ2) is 15.0. The lowest BCUT2D eigenvalue weighted by Crippen LogP contribution is -2.34. The second-order valence-electron chi connectivity index (χ2n) is 12.7. The minimum Gasteiger partial charge on any atom is -0.351 e. The predicted molar refractivity (Wildman–Crippen MR) is 201 cm³/mol. The molecule has 4 heterocycles. The second-order valence-corrected chi connectivity index (χ2v) is 12.7. The molecule has 0 aliphatic heterocycles. The molecule has 0 radical (unpaired) electrons. The molecule has 0 spiro atoms. The maximum Gasteiger partial charge on any atom is 0.325 e. The normalized spacial score (nSPS) is 11.1. The van der Waals surface area contributed by atoms with E-state index in [1.807, 2.05) is 0 Å². The Balaban J connectivity index is 0.000000175. The predicted octanol–water partition coefficient (Wildman–Crippen LogP) is 8.47. The summed E-state index contributed by atoms with van der Waals surface area (Å²) >= 11 is 0.